The van der Waals surface area contributed by atoms with Crippen LogP contribution in [0.2, 0.25) is 0 Å². The Balaban J connectivity index is 2.13. The summed E-state index contributed by atoms with van der Waals surface area (Å²) < 4.78 is 5.20. The third-order valence-electron chi connectivity index (χ3n) is 2.97. The number of aromatic nitrogens is 3. The van der Waals surface area contributed by atoms with E-state index >= 15 is 0 Å². The van der Waals surface area contributed by atoms with E-state index in [2.05, 4.69) is 15.2 Å². The van der Waals surface area contributed by atoms with Gasteiger partial charge in [-0.2, -0.15) is 0 Å². The van der Waals surface area contributed by atoms with Crippen LogP contribution in [-0.2, 0) is 0 Å². The highest BCUT2D eigenvalue weighted by Gasteiger charge is 2.14. The fraction of sp³-hybridized carbons (Fsp3) is 0.133. The second-order valence-electron chi connectivity index (χ2n) is 4.20. The lowest BCUT2D eigenvalue weighted by Gasteiger charge is -2.08. The first-order valence-electron chi connectivity index (χ1n) is 6.29. The smallest absolute Gasteiger partial charge is 0.209 e. The number of hydrogen-bond acceptors (Lipinski definition) is 6. The number of thioether (sulfide) groups is 1. The van der Waals surface area contributed by atoms with Gasteiger partial charge < -0.3 is 4.74 Å². The lowest BCUT2D eigenvalue weighted by molar-refractivity contribution is 0.415. The number of thiophene rings is 1. The summed E-state index contributed by atoms with van der Waals surface area (Å²) in [5.74, 6) is 0.823. The van der Waals surface area contributed by atoms with E-state index in [1.165, 1.54) is 11.8 Å². The predicted octanol–water partition coefficient (Wildman–Crippen LogP) is 4.00. The maximum atomic E-state index is 5.20. The van der Waals surface area contributed by atoms with Gasteiger partial charge in [0.1, 0.15) is 17.1 Å². The van der Waals surface area contributed by atoms with Gasteiger partial charge in [0.2, 0.25) is 5.16 Å². The summed E-state index contributed by atoms with van der Waals surface area (Å²) in [6.07, 6.45) is 1.94. The molecule has 1 aromatic carbocycles. The maximum Gasteiger partial charge on any atom is 0.209 e. The van der Waals surface area contributed by atoms with Gasteiger partial charge in [0.25, 0.3) is 0 Å². The number of hydrogen-bond donors (Lipinski definition) is 0. The molecule has 0 unspecified atom stereocenters. The van der Waals surface area contributed by atoms with Crippen LogP contribution in [0.1, 0.15) is 0 Å². The van der Waals surface area contributed by atoms with Gasteiger partial charge in [-0.05, 0) is 42.0 Å². The van der Waals surface area contributed by atoms with Crippen molar-refractivity contribution < 1.29 is 4.74 Å². The minimum Gasteiger partial charge on any atom is -0.497 e. The summed E-state index contributed by atoms with van der Waals surface area (Å²) >= 11 is 3.12. The normalized spacial score (nSPS) is 10.6. The Morgan fingerprint density at radius 3 is 2.48 bits per heavy atom. The van der Waals surface area contributed by atoms with Gasteiger partial charge in [0.05, 0.1) is 12.0 Å². The van der Waals surface area contributed by atoms with Crippen molar-refractivity contribution in [2.45, 2.75) is 5.16 Å². The average molecular weight is 315 g/mol. The van der Waals surface area contributed by atoms with E-state index in [0.29, 0.717) is 5.16 Å². The fourth-order valence-corrected chi connectivity index (χ4v) is 2.94. The summed E-state index contributed by atoms with van der Waals surface area (Å²) in [4.78, 5) is 5.69. The van der Waals surface area contributed by atoms with Crippen LogP contribution in [0.4, 0.5) is 0 Å². The fourth-order valence-electron chi connectivity index (χ4n) is 1.93. The summed E-state index contributed by atoms with van der Waals surface area (Å²) in [6, 6.07) is 11.9. The van der Waals surface area contributed by atoms with Crippen LogP contribution < -0.4 is 4.74 Å². The minimum absolute atomic E-state index is 0.668. The van der Waals surface area contributed by atoms with Crippen LogP contribution in [0.5, 0.6) is 5.75 Å². The van der Waals surface area contributed by atoms with Crippen LogP contribution in [-0.4, -0.2) is 28.5 Å². The van der Waals surface area contributed by atoms with E-state index in [-0.39, 0.29) is 0 Å². The Labute approximate surface area is 131 Å². The Morgan fingerprint density at radius 2 is 1.86 bits per heavy atom. The van der Waals surface area contributed by atoms with Gasteiger partial charge in [-0.3, -0.25) is 0 Å². The van der Waals surface area contributed by atoms with Crippen molar-refractivity contribution in [2.24, 2.45) is 0 Å². The highest BCUT2D eigenvalue weighted by molar-refractivity contribution is 7.98. The van der Waals surface area contributed by atoms with Gasteiger partial charge >= 0.3 is 0 Å². The largest absolute Gasteiger partial charge is 0.497 e. The number of benzene rings is 1. The molecule has 2 heterocycles. The zero-order valence-corrected chi connectivity index (χ0v) is 13.2. The molecule has 0 radical (unpaired) electrons. The SMILES string of the molecule is COc1ccc(-c2nc(SC)nnc2-c2cccs2)cc1. The molecule has 0 aliphatic rings. The highest BCUT2D eigenvalue weighted by Crippen LogP contribution is 2.32. The van der Waals surface area contributed by atoms with Gasteiger partial charge in [0.15, 0.2) is 0 Å². The summed E-state index contributed by atoms with van der Waals surface area (Å²) in [7, 11) is 1.66. The van der Waals surface area contributed by atoms with E-state index in [0.717, 1.165) is 27.6 Å². The van der Waals surface area contributed by atoms with Crippen molar-refractivity contribution in [2.75, 3.05) is 13.4 Å². The van der Waals surface area contributed by atoms with E-state index < -0.39 is 0 Å². The highest BCUT2D eigenvalue weighted by atomic mass is 32.2. The van der Waals surface area contributed by atoms with Gasteiger partial charge in [-0.25, -0.2) is 4.98 Å². The summed E-state index contributed by atoms with van der Waals surface area (Å²) in [5, 5.41) is 11.2. The number of methoxy groups -OCH3 is 1. The molecule has 0 aliphatic heterocycles. The molecule has 0 saturated carbocycles. The molecule has 21 heavy (non-hydrogen) atoms. The Morgan fingerprint density at radius 1 is 1.05 bits per heavy atom. The van der Waals surface area contributed by atoms with Crippen LogP contribution in [0.15, 0.2) is 46.9 Å². The third-order valence-corrected chi connectivity index (χ3v) is 4.38. The minimum atomic E-state index is 0.668. The summed E-state index contributed by atoms with van der Waals surface area (Å²) in [6.45, 7) is 0. The monoisotopic (exact) mass is 315 g/mol. The maximum absolute atomic E-state index is 5.20. The first-order chi connectivity index (χ1) is 10.3. The molecule has 6 heteroatoms. The van der Waals surface area contributed by atoms with Crippen molar-refractivity contribution in [3.63, 3.8) is 0 Å². The Hall–Kier alpha value is -1.92. The van der Waals surface area contributed by atoms with Crippen LogP contribution in [0.3, 0.4) is 0 Å². The Kier molecular flexibility index (Phi) is 4.17. The third kappa shape index (κ3) is 2.91. The Bertz CT molecular complexity index is 727. The van der Waals surface area contributed by atoms with E-state index in [1.807, 2.05) is 48.0 Å². The number of nitrogens with zero attached hydrogens (tertiary/aromatic N) is 3. The van der Waals surface area contributed by atoms with Crippen molar-refractivity contribution in [3.8, 4) is 27.6 Å². The molecular weight excluding hydrogens is 302 g/mol. The van der Waals surface area contributed by atoms with Crippen LogP contribution in [0.25, 0.3) is 21.8 Å². The first kappa shape index (κ1) is 14.0. The molecule has 0 fully saturated rings. The molecule has 4 nitrogen and oxygen atoms in total. The molecule has 0 atom stereocenters. The second kappa shape index (κ2) is 6.24. The van der Waals surface area contributed by atoms with Crippen molar-refractivity contribution >= 4 is 23.1 Å². The van der Waals surface area contributed by atoms with Crippen LogP contribution in [0, 0.1) is 0 Å². The molecular formula is C15H13N3OS2. The molecule has 0 spiro atoms. The molecule has 106 valence electrons. The molecule has 3 aromatic rings. The number of rotatable bonds is 4. The molecule has 0 amide bonds. The summed E-state index contributed by atoms with van der Waals surface area (Å²) in [5.41, 5.74) is 2.66. The van der Waals surface area contributed by atoms with Crippen molar-refractivity contribution in [1.29, 1.82) is 0 Å². The molecule has 2 aromatic heterocycles. The first-order valence-corrected chi connectivity index (χ1v) is 8.39. The average Bonchev–Trinajstić information content (AvgIpc) is 3.08. The van der Waals surface area contributed by atoms with Gasteiger partial charge in [-0.1, -0.05) is 17.8 Å². The molecule has 3 rings (SSSR count). The molecule has 0 aliphatic carbocycles. The lowest BCUT2D eigenvalue weighted by Crippen LogP contribution is -1.98. The zero-order chi connectivity index (χ0) is 14.7. The van der Waals surface area contributed by atoms with Gasteiger partial charge in [0, 0.05) is 5.56 Å². The predicted molar refractivity (Wildman–Crippen MR) is 86.9 cm³/mol. The lowest BCUT2D eigenvalue weighted by atomic mass is 10.1. The number of ether oxygens (including phenoxy) is 1. The van der Waals surface area contributed by atoms with Crippen LogP contribution >= 0.6 is 23.1 Å². The van der Waals surface area contributed by atoms with E-state index in [1.54, 1.807) is 18.4 Å². The van der Waals surface area contributed by atoms with Crippen molar-refractivity contribution in [3.05, 3.63) is 41.8 Å². The van der Waals surface area contributed by atoms with Gasteiger partial charge in [-0.15, -0.1) is 21.5 Å². The van der Waals surface area contributed by atoms with E-state index in [4.69, 9.17) is 4.74 Å². The molecule has 0 N–H and O–H groups in total. The van der Waals surface area contributed by atoms with E-state index in [9.17, 15) is 0 Å². The standard InChI is InChI=1S/C15H13N3OS2/c1-19-11-7-5-10(6-8-11)13-14(12-4-3-9-21-12)17-18-15(16-13)20-2/h3-9H,1-2H3. The molecule has 0 bridgehead atoms. The second-order valence-corrected chi connectivity index (χ2v) is 5.92. The van der Waals surface area contributed by atoms with Crippen molar-refractivity contribution in [1.82, 2.24) is 15.2 Å². The quantitative estimate of drug-likeness (QED) is 0.681. The topological polar surface area (TPSA) is 47.9 Å². The molecule has 0 saturated heterocycles. The zero-order valence-electron chi connectivity index (χ0n) is 11.6.